The molecule has 0 spiro atoms. The molecule has 4 aliphatic heterocycles. The molecule has 9 rings (SSSR count). The topological polar surface area (TPSA) is 89.9 Å². The minimum atomic E-state index is -0.175. The molecule has 2 atom stereocenters. The van der Waals surface area contributed by atoms with Gasteiger partial charge in [0.05, 0.1) is 27.4 Å². The van der Waals surface area contributed by atoms with Crippen LogP contribution in [-0.4, -0.2) is 68.7 Å². The predicted octanol–water partition coefficient (Wildman–Crippen LogP) is 9.07. The van der Waals surface area contributed by atoms with Gasteiger partial charge in [0.2, 0.25) is 0 Å². The molecule has 9 nitrogen and oxygen atoms in total. The number of benzene rings is 5. The van der Waals surface area contributed by atoms with Gasteiger partial charge in [0.25, 0.3) is 0 Å². The van der Waals surface area contributed by atoms with Gasteiger partial charge in [0, 0.05) is 48.3 Å². The molecule has 1 N–H and O–H groups in total. The standard InChI is InChI=1S/C48H52N2O7/c1-49-21-19-34-28-43(53-3)45-29-38(34)39(49)24-31-13-16-37(17-14-31)56-44-26-32(15-18-42(44)55-23-9-8-12-41(52)33-10-6-5-7-11-33)25-40-46-35(20-22-50(40)2)27-36(30-51)47(54-4)48(46)57-45/h5-7,10-11,13-18,26-29,39-40,51H,8-9,12,19-25,30H2,1-4H3/t39-,40+/m0/s1. The number of likely N-dealkylation sites (N-methyl/N-ethyl adjacent to an activating group) is 2. The van der Waals surface area contributed by atoms with Gasteiger partial charge in [0.15, 0.2) is 40.3 Å². The van der Waals surface area contributed by atoms with Crippen molar-refractivity contribution in [1.29, 1.82) is 0 Å². The lowest BCUT2D eigenvalue weighted by molar-refractivity contribution is 0.0977. The molecule has 0 saturated carbocycles. The summed E-state index contributed by atoms with van der Waals surface area (Å²) >= 11 is 0. The van der Waals surface area contributed by atoms with Crippen LogP contribution in [0.1, 0.15) is 80.6 Å². The highest BCUT2D eigenvalue weighted by molar-refractivity contribution is 5.95. The molecule has 0 unspecified atom stereocenters. The minimum Gasteiger partial charge on any atom is -0.493 e. The van der Waals surface area contributed by atoms with Crippen molar-refractivity contribution in [3.05, 3.63) is 136 Å². The third kappa shape index (κ3) is 8.10. The first-order chi connectivity index (χ1) is 27.8. The van der Waals surface area contributed by atoms with Crippen LogP contribution in [-0.2, 0) is 32.3 Å². The van der Waals surface area contributed by atoms with Gasteiger partial charge in [-0.25, -0.2) is 0 Å². The van der Waals surface area contributed by atoms with Crippen molar-refractivity contribution in [2.24, 2.45) is 0 Å². The third-order valence-corrected chi connectivity index (χ3v) is 11.8. The molecule has 0 saturated heterocycles. The van der Waals surface area contributed by atoms with E-state index in [-0.39, 0.29) is 24.5 Å². The van der Waals surface area contributed by atoms with Gasteiger partial charge < -0.3 is 28.8 Å². The van der Waals surface area contributed by atoms with E-state index in [4.69, 9.17) is 23.7 Å². The summed E-state index contributed by atoms with van der Waals surface area (Å²) in [6.07, 6.45) is 5.12. The average Bonchev–Trinajstić information content (AvgIpc) is 3.23. The number of nitrogens with zero attached hydrogens (tertiary/aromatic N) is 2. The molecule has 296 valence electrons. The zero-order valence-electron chi connectivity index (χ0n) is 33.4. The van der Waals surface area contributed by atoms with Crippen LogP contribution in [0.2, 0.25) is 0 Å². The van der Waals surface area contributed by atoms with Gasteiger partial charge in [-0.15, -0.1) is 0 Å². The van der Waals surface area contributed by atoms with E-state index in [0.29, 0.717) is 59.5 Å². The molecule has 9 heteroatoms. The summed E-state index contributed by atoms with van der Waals surface area (Å²) in [4.78, 5) is 17.4. The van der Waals surface area contributed by atoms with Crippen LogP contribution in [0.4, 0.5) is 0 Å². The van der Waals surface area contributed by atoms with Crippen molar-refractivity contribution in [1.82, 2.24) is 9.80 Å². The van der Waals surface area contributed by atoms with Crippen molar-refractivity contribution in [2.45, 2.75) is 63.6 Å². The van der Waals surface area contributed by atoms with Crippen molar-refractivity contribution in [3.63, 3.8) is 0 Å². The largest absolute Gasteiger partial charge is 0.493 e. The molecule has 4 aliphatic rings. The first-order valence-electron chi connectivity index (χ1n) is 20.1. The van der Waals surface area contributed by atoms with E-state index >= 15 is 0 Å². The summed E-state index contributed by atoms with van der Waals surface area (Å²) in [5.41, 5.74) is 8.33. The Bertz CT molecular complexity index is 2220. The molecule has 6 bridgehead atoms. The number of carbonyl (C=O) groups excluding carboxylic acids is 1. The fourth-order valence-corrected chi connectivity index (χ4v) is 8.65. The Balaban J connectivity index is 1.18. The Labute approximate surface area is 335 Å². The first kappa shape index (κ1) is 38.5. The number of aliphatic hydroxyl groups excluding tert-OH is 1. The highest BCUT2D eigenvalue weighted by Crippen LogP contribution is 2.50. The number of hydrogen-bond acceptors (Lipinski definition) is 9. The Morgan fingerprint density at radius 3 is 2.23 bits per heavy atom. The molecule has 57 heavy (non-hydrogen) atoms. The van der Waals surface area contributed by atoms with Crippen molar-refractivity contribution >= 4 is 5.78 Å². The summed E-state index contributed by atoms with van der Waals surface area (Å²) in [5.74, 6) is 4.60. The maximum absolute atomic E-state index is 12.7. The summed E-state index contributed by atoms with van der Waals surface area (Å²) in [6.45, 7) is 2.06. The lowest BCUT2D eigenvalue weighted by Gasteiger charge is -2.37. The van der Waals surface area contributed by atoms with E-state index in [2.05, 4.69) is 66.4 Å². The van der Waals surface area contributed by atoms with E-state index in [1.54, 1.807) is 14.2 Å². The molecular formula is C48H52N2O7. The molecule has 5 aromatic carbocycles. The van der Waals surface area contributed by atoms with E-state index in [1.165, 1.54) is 16.7 Å². The second-order valence-electron chi connectivity index (χ2n) is 15.5. The fraction of sp³-hybridized carbons (Fsp3) is 0.354. The number of rotatable bonds is 10. The Morgan fingerprint density at radius 1 is 0.754 bits per heavy atom. The number of methoxy groups -OCH3 is 2. The van der Waals surface area contributed by atoms with Crippen LogP contribution in [0.3, 0.4) is 0 Å². The lowest BCUT2D eigenvalue weighted by Crippen LogP contribution is -2.34. The van der Waals surface area contributed by atoms with E-state index in [1.807, 2.05) is 48.5 Å². The summed E-state index contributed by atoms with van der Waals surface area (Å²) in [5, 5.41) is 10.6. The monoisotopic (exact) mass is 768 g/mol. The molecule has 4 heterocycles. The third-order valence-electron chi connectivity index (χ3n) is 11.8. The van der Waals surface area contributed by atoms with Gasteiger partial charge in [-0.05, 0) is 123 Å². The number of ketones is 1. The maximum Gasteiger partial charge on any atom is 0.174 e. The molecule has 0 radical (unpaired) electrons. The summed E-state index contributed by atoms with van der Waals surface area (Å²) < 4.78 is 32.2. The van der Waals surface area contributed by atoms with Crippen LogP contribution >= 0.6 is 0 Å². The number of aliphatic hydroxyl groups is 1. The molecule has 0 aliphatic carbocycles. The smallest absolute Gasteiger partial charge is 0.174 e. The second-order valence-corrected chi connectivity index (χ2v) is 15.5. The molecular weight excluding hydrogens is 717 g/mol. The van der Waals surface area contributed by atoms with Crippen LogP contribution in [0.25, 0.3) is 0 Å². The van der Waals surface area contributed by atoms with E-state index in [0.717, 1.165) is 73.2 Å². The summed E-state index contributed by atoms with van der Waals surface area (Å²) in [7, 11) is 7.66. The van der Waals surface area contributed by atoms with Gasteiger partial charge in [0.1, 0.15) is 5.75 Å². The Kier molecular flexibility index (Phi) is 11.5. The number of ether oxygens (including phenoxy) is 5. The Hall–Kier alpha value is -5.35. The van der Waals surface area contributed by atoms with Gasteiger partial charge in [-0.1, -0.05) is 48.5 Å². The van der Waals surface area contributed by atoms with Gasteiger partial charge in [-0.3, -0.25) is 14.6 Å². The minimum absolute atomic E-state index is 0.0761. The number of Topliss-reactive ketones (excluding diaryl/α,β-unsaturated/α-hetero) is 1. The molecule has 0 fully saturated rings. The lowest BCUT2D eigenvalue weighted by atomic mass is 9.86. The highest BCUT2D eigenvalue weighted by atomic mass is 16.5. The normalized spacial score (nSPS) is 17.7. The highest BCUT2D eigenvalue weighted by Gasteiger charge is 2.34. The van der Waals surface area contributed by atoms with Crippen LogP contribution in [0.15, 0.2) is 91.0 Å². The van der Waals surface area contributed by atoms with Crippen molar-refractivity contribution < 1.29 is 33.6 Å². The van der Waals surface area contributed by atoms with Crippen molar-refractivity contribution in [2.75, 3.05) is 48.0 Å². The second kappa shape index (κ2) is 17.0. The predicted molar refractivity (Wildman–Crippen MR) is 221 cm³/mol. The molecule has 0 amide bonds. The molecule has 0 aromatic heterocycles. The first-order valence-corrected chi connectivity index (χ1v) is 20.1. The quantitative estimate of drug-likeness (QED) is 0.110. The van der Waals surface area contributed by atoms with Crippen LogP contribution in [0.5, 0.6) is 40.2 Å². The maximum atomic E-state index is 12.7. The van der Waals surface area contributed by atoms with Crippen LogP contribution < -0.4 is 23.7 Å². The number of fused-ring (bicyclic) bond motifs is 2. The summed E-state index contributed by atoms with van der Waals surface area (Å²) in [6, 6.07) is 30.4. The average molecular weight is 769 g/mol. The fourth-order valence-electron chi connectivity index (χ4n) is 8.65. The van der Waals surface area contributed by atoms with Crippen molar-refractivity contribution in [3.8, 4) is 40.2 Å². The van der Waals surface area contributed by atoms with Gasteiger partial charge >= 0.3 is 0 Å². The molecule has 5 aromatic rings. The Morgan fingerprint density at radius 2 is 1.47 bits per heavy atom. The van der Waals surface area contributed by atoms with E-state index < -0.39 is 0 Å². The number of hydrogen-bond donors (Lipinski definition) is 1. The zero-order chi connectivity index (χ0) is 39.5. The van der Waals surface area contributed by atoms with Gasteiger partial charge in [-0.2, -0.15) is 0 Å². The zero-order valence-corrected chi connectivity index (χ0v) is 33.4. The number of unbranched alkanes of at least 4 members (excludes halogenated alkanes) is 1. The SMILES string of the molecule is COc1cc2c3cc1Oc1c(OC)c(CO)cc4c1[C@@H](Cc1ccc(OCCCCC(=O)c5ccccc5)c(c1)Oc1ccc(cc1)C[C@@H]3N(C)CC2)N(C)CC4. The van der Waals surface area contributed by atoms with E-state index in [9.17, 15) is 9.90 Å². The van der Waals surface area contributed by atoms with Crippen LogP contribution in [0, 0.1) is 0 Å². The number of carbonyl (C=O) groups is 1.